The number of hydrogen-bond donors (Lipinski definition) is 1. The van der Waals surface area contributed by atoms with Gasteiger partial charge in [0.2, 0.25) is 0 Å². The summed E-state index contributed by atoms with van der Waals surface area (Å²) in [6.45, 7) is 3.80. The van der Waals surface area contributed by atoms with E-state index in [-0.39, 0.29) is 11.2 Å². The minimum absolute atomic E-state index is 0.249. The fourth-order valence-electron chi connectivity index (χ4n) is 4.84. The Morgan fingerprint density at radius 1 is 1.03 bits per heavy atom. The fourth-order valence-corrected chi connectivity index (χ4v) is 4.84. The lowest BCUT2D eigenvalue weighted by Crippen LogP contribution is -2.40. The van der Waals surface area contributed by atoms with Crippen LogP contribution in [0, 0.1) is 5.92 Å². The maximum absolute atomic E-state index is 13.2. The van der Waals surface area contributed by atoms with E-state index in [0.717, 1.165) is 25.2 Å². The number of rotatable bonds is 9. The van der Waals surface area contributed by atoms with Crippen LogP contribution in [0.5, 0.6) is 0 Å². The van der Waals surface area contributed by atoms with Crippen molar-refractivity contribution in [2.45, 2.75) is 71.5 Å². The lowest BCUT2D eigenvalue weighted by atomic mass is 10.0. The molecule has 1 aromatic carbocycles. The molecule has 7 heteroatoms. The number of nitrogens with one attached hydrogen (secondary N) is 1. The van der Waals surface area contributed by atoms with E-state index in [1.54, 1.807) is 4.57 Å². The van der Waals surface area contributed by atoms with Crippen molar-refractivity contribution in [3.8, 4) is 0 Å². The van der Waals surface area contributed by atoms with Gasteiger partial charge in [-0.25, -0.2) is 9.78 Å². The van der Waals surface area contributed by atoms with Crippen LogP contribution in [-0.4, -0.2) is 38.1 Å². The largest absolute Gasteiger partial charge is 0.336 e. The summed E-state index contributed by atoms with van der Waals surface area (Å²) in [4.78, 5) is 36.4. The molecule has 172 valence electrons. The van der Waals surface area contributed by atoms with E-state index in [0.29, 0.717) is 36.6 Å². The summed E-state index contributed by atoms with van der Waals surface area (Å²) in [5.74, 6) is 1.45. The van der Waals surface area contributed by atoms with Crippen molar-refractivity contribution in [1.82, 2.24) is 24.0 Å². The Morgan fingerprint density at radius 3 is 2.38 bits per heavy atom. The fraction of sp³-hybridized carbons (Fsp3) is 0.560. The molecule has 1 aliphatic carbocycles. The number of hydrogen-bond acceptors (Lipinski definition) is 4. The third-order valence-electron chi connectivity index (χ3n) is 6.46. The van der Waals surface area contributed by atoms with Gasteiger partial charge in [-0.2, -0.15) is 0 Å². The Labute approximate surface area is 189 Å². The quantitative estimate of drug-likeness (QED) is 0.557. The number of benzene rings is 1. The monoisotopic (exact) mass is 437 g/mol. The standard InChI is InChI=1S/C25H35N5O2/c1-4-14-30-24(31)22-23(27-21(26-22)16-19-7-5-6-8-19)29(25(30)32)15-13-18-9-11-20(12-10-18)17-28(2)3/h9-12,19H,4-8,13-17H2,1-3H3,(H,26,27). The van der Waals surface area contributed by atoms with Gasteiger partial charge < -0.3 is 9.88 Å². The summed E-state index contributed by atoms with van der Waals surface area (Å²) in [5, 5.41) is 0. The van der Waals surface area contributed by atoms with Crippen LogP contribution in [0.15, 0.2) is 33.9 Å². The van der Waals surface area contributed by atoms with Gasteiger partial charge in [-0.3, -0.25) is 13.9 Å². The van der Waals surface area contributed by atoms with E-state index in [4.69, 9.17) is 4.98 Å². The Balaban J connectivity index is 1.64. The van der Waals surface area contributed by atoms with Gasteiger partial charge in [0.25, 0.3) is 5.56 Å². The molecule has 0 spiro atoms. The highest BCUT2D eigenvalue weighted by molar-refractivity contribution is 5.69. The molecule has 0 radical (unpaired) electrons. The van der Waals surface area contributed by atoms with E-state index in [1.807, 2.05) is 6.92 Å². The Hall–Kier alpha value is -2.67. The first kappa shape index (κ1) is 22.5. The minimum atomic E-state index is -0.257. The molecule has 0 bridgehead atoms. The molecule has 32 heavy (non-hydrogen) atoms. The molecule has 1 N–H and O–H groups in total. The topological polar surface area (TPSA) is 75.9 Å². The highest BCUT2D eigenvalue weighted by Gasteiger charge is 2.21. The second-order valence-corrected chi connectivity index (χ2v) is 9.43. The zero-order chi connectivity index (χ0) is 22.7. The van der Waals surface area contributed by atoms with E-state index >= 15 is 0 Å². The number of aryl methyl sites for hydroxylation is 2. The van der Waals surface area contributed by atoms with E-state index in [2.05, 4.69) is 48.2 Å². The van der Waals surface area contributed by atoms with Crippen molar-refractivity contribution >= 4 is 11.2 Å². The van der Waals surface area contributed by atoms with E-state index < -0.39 is 0 Å². The Morgan fingerprint density at radius 2 is 1.72 bits per heavy atom. The van der Waals surface area contributed by atoms with Gasteiger partial charge in [0.1, 0.15) is 11.3 Å². The number of nitrogens with zero attached hydrogens (tertiary/aromatic N) is 4. The van der Waals surface area contributed by atoms with E-state index in [1.165, 1.54) is 41.4 Å². The van der Waals surface area contributed by atoms with Crippen LogP contribution in [0.4, 0.5) is 0 Å². The summed E-state index contributed by atoms with van der Waals surface area (Å²) in [6, 6.07) is 8.53. The van der Waals surface area contributed by atoms with Crippen molar-refractivity contribution in [2.75, 3.05) is 14.1 Å². The highest BCUT2D eigenvalue weighted by Crippen LogP contribution is 2.27. The van der Waals surface area contributed by atoms with Gasteiger partial charge in [0.05, 0.1) is 0 Å². The molecule has 2 heterocycles. The number of H-pyrrole nitrogens is 1. The molecule has 2 aromatic heterocycles. The van der Waals surface area contributed by atoms with Crippen LogP contribution in [0.25, 0.3) is 11.2 Å². The number of fused-ring (bicyclic) bond motifs is 1. The highest BCUT2D eigenvalue weighted by atomic mass is 16.2. The van der Waals surface area contributed by atoms with Crippen LogP contribution in [0.3, 0.4) is 0 Å². The van der Waals surface area contributed by atoms with Gasteiger partial charge in [-0.1, -0.05) is 56.9 Å². The normalized spacial score (nSPS) is 14.8. The predicted octanol–water partition coefficient (Wildman–Crippen LogP) is 3.33. The lowest BCUT2D eigenvalue weighted by molar-refractivity contribution is 0.402. The number of aromatic amines is 1. The second-order valence-electron chi connectivity index (χ2n) is 9.43. The molecule has 1 aliphatic rings. The third kappa shape index (κ3) is 4.88. The third-order valence-corrected chi connectivity index (χ3v) is 6.46. The zero-order valence-corrected chi connectivity index (χ0v) is 19.6. The Kier molecular flexibility index (Phi) is 6.94. The molecule has 0 unspecified atom stereocenters. The van der Waals surface area contributed by atoms with Crippen molar-refractivity contribution in [2.24, 2.45) is 5.92 Å². The first-order valence-electron chi connectivity index (χ1n) is 11.9. The Bertz CT molecular complexity index is 1160. The molecule has 0 atom stereocenters. The lowest BCUT2D eigenvalue weighted by Gasteiger charge is -2.12. The first-order valence-corrected chi connectivity index (χ1v) is 11.9. The maximum Gasteiger partial charge on any atom is 0.332 e. The van der Waals surface area contributed by atoms with Crippen molar-refractivity contribution in [3.05, 3.63) is 62.1 Å². The molecule has 1 saturated carbocycles. The minimum Gasteiger partial charge on any atom is -0.336 e. The smallest absolute Gasteiger partial charge is 0.332 e. The summed E-state index contributed by atoms with van der Waals surface area (Å²) in [6.07, 6.45) is 7.27. The molecular formula is C25H35N5O2. The van der Waals surface area contributed by atoms with Crippen LogP contribution in [-0.2, 0) is 32.5 Å². The van der Waals surface area contributed by atoms with Gasteiger partial charge in [-0.15, -0.1) is 0 Å². The maximum atomic E-state index is 13.2. The molecule has 3 aromatic rings. The van der Waals surface area contributed by atoms with Crippen LogP contribution in [0.2, 0.25) is 0 Å². The summed E-state index contributed by atoms with van der Waals surface area (Å²) in [7, 11) is 4.11. The SMILES string of the molecule is CCCn1c(=O)c2[nH]c(CC3CCCC3)nc2n(CCc2ccc(CN(C)C)cc2)c1=O. The molecule has 1 fully saturated rings. The van der Waals surface area contributed by atoms with E-state index in [9.17, 15) is 9.59 Å². The predicted molar refractivity (Wildman–Crippen MR) is 128 cm³/mol. The van der Waals surface area contributed by atoms with Gasteiger partial charge in [-0.05, 0) is 44.0 Å². The summed E-state index contributed by atoms with van der Waals surface area (Å²) < 4.78 is 3.05. The zero-order valence-electron chi connectivity index (χ0n) is 19.6. The molecule has 0 amide bonds. The number of aromatic nitrogens is 4. The summed E-state index contributed by atoms with van der Waals surface area (Å²) in [5.41, 5.74) is 2.90. The molecule has 7 nitrogen and oxygen atoms in total. The second kappa shape index (κ2) is 9.86. The molecule has 4 rings (SSSR count). The molecular weight excluding hydrogens is 402 g/mol. The average molecular weight is 438 g/mol. The van der Waals surface area contributed by atoms with Gasteiger partial charge in [0.15, 0.2) is 5.65 Å². The van der Waals surface area contributed by atoms with Crippen molar-refractivity contribution in [1.29, 1.82) is 0 Å². The van der Waals surface area contributed by atoms with Crippen molar-refractivity contribution < 1.29 is 0 Å². The summed E-state index contributed by atoms with van der Waals surface area (Å²) >= 11 is 0. The van der Waals surface area contributed by atoms with Gasteiger partial charge >= 0.3 is 5.69 Å². The van der Waals surface area contributed by atoms with Crippen LogP contribution < -0.4 is 11.2 Å². The average Bonchev–Trinajstić information content (AvgIpc) is 3.42. The molecule has 0 aliphatic heterocycles. The van der Waals surface area contributed by atoms with Crippen LogP contribution in [0.1, 0.15) is 56.0 Å². The van der Waals surface area contributed by atoms with Crippen LogP contribution >= 0.6 is 0 Å². The first-order chi connectivity index (χ1) is 15.5. The van der Waals surface area contributed by atoms with Crippen molar-refractivity contribution in [3.63, 3.8) is 0 Å². The molecule has 0 saturated heterocycles. The van der Waals surface area contributed by atoms with Gasteiger partial charge in [0, 0.05) is 26.1 Å². The number of imidazole rings is 1.